The Labute approximate surface area is 207 Å². The van der Waals surface area contributed by atoms with E-state index in [4.69, 9.17) is 25.8 Å². The van der Waals surface area contributed by atoms with Crippen LogP contribution in [0.1, 0.15) is 16.8 Å². The van der Waals surface area contributed by atoms with Crippen LogP contribution in [0.15, 0.2) is 78.2 Å². The second kappa shape index (κ2) is 11.0. The third kappa shape index (κ3) is 5.47. The van der Waals surface area contributed by atoms with Gasteiger partial charge in [0.25, 0.3) is 0 Å². The molecule has 1 heterocycles. The first-order chi connectivity index (χ1) is 16.6. The summed E-state index contributed by atoms with van der Waals surface area (Å²) >= 11 is 7.48. The monoisotopic (exact) mass is 491 g/mol. The first-order valence-electron chi connectivity index (χ1n) is 10.4. The normalized spacial score (nSPS) is 11.2. The molecule has 1 aromatic heterocycles. The number of hydrogen-bond donors (Lipinski definition) is 0. The SMILES string of the molecule is COc1cccc(-c2nc(COC(=O)/C(=C/c3ccccc3)c3ccc(Cl)cc3)cs2)c1OC. The predicted molar refractivity (Wildman–Crippen MR) is 136 cm³/mol. The summed E-state index contributed by atoms with van der Waals surface area (Å²) in [5.41, 5.74) is 3.51. The molecule has 0 atom stereocenters. The Kier molecular flexibility index (Phi) is 7.62. The number of ether oxygens (including phenoxy) is 3. The first kappa shape index (κ1) is 23.5. The molecule has 34 heavy (non-hydrogen) atoms. The summed E-state index contributed by atoms with van der Waals surface area (Å²) in [6, 6.07) is 22.3. The van der Waals surface area contributed by atoms with Crippen LogP contribution in [-0.2, 0) is 16.1 Å². The predicted octanol–water partition coefficient (Wildman–Crippen LogP) is 6.76. The minimum Gasteiger partial charge on any atom is -0.493 e. The van der Waals surface area contributed by atoms with Crippen molar-refractivity contribution < 1.29 is 19.0 Å². The number of methoxy groups -OCH3 is 2. The molecule has 172 valence electrons. The number of esters is 1. The number of hydrogen-bond acceptors (Lipinski definition) is 6. The van der Waals surface area contributed by atoms with Gasteiger partial charge in [-0.15, -0.1) is 11.3 Å². The average molecular weight is 492 g/mol. The summed E-state index contributed by atoms with van der Waals surface area (Å²) in [4.78, 5) is 17.7. The number of nitrogens with zero attached hydrogens (tertiary/aromatic N) is 1. The van der Waals surface area contributed by atoms with Crippen molar-refractivity contribution in [1.82, 2.24) is 4.98 Å². The zero-order valence-electron chi connectivity index (χ0n) is 18.7. The van der Waals surface area contributed by atoms with Crippen molar-refractivity contribution in [2.45, 2.75) is 6.61 Å². The molecule has 0 bridgehead atoms. The van der Waals surface area contributed by atoms with Crippen molar-refractivity contribution in [3.8, 4) is 22.1 Å². The number of para-hydroxylation sites is 1. The van der Waals surface area contributed by atoms with Gasteiger partial charge >= 0.3 is 5.97 Å². The third-order valence-electron chi connectivity index (χ3n) is 5.02. The summed E-state index contributed by atoms with van der Waals surface area (Å²) in [5, 5.41) is 3.21. The topological polar surface area (TPSA) is 57.7 Å². The molecule has 0 aliphatic rings. The minimum absolute atomic E-state index is 0.0430. The lowest BCUT2D eigenvalue weighted by Crippen LogP contribution is -2.07. The van der Waals surface area contributed by atoms with Gasteiger partial charge in [0, 0.05) is 10.4 Å². The number of rotatable bonds is 8. The molecule has 0 N–H and O–H groups in total. The molecule has 7 heteroatoms. The standard InChI is InChI=1S/C27H22ClNO4S/c1-31-24-10-6-9-22(25(24)32-2)26-29-21(17-34-26)16-33-27(30)23(15-18-7-4-3-5-8-18)19-11-13-20(28)14-12-19/h3-15,17H,16H2,1-2H3/b23-15+. The van der Waals surface area contributed by atoms with Gasteiger partial charge in [-0.1, -0.05) is 60.1 Å². The van der Waals surface area contributed by atoms with Gasteiger partial charge in [0.15, 0.2) is 11.5 Å². The van der Waals surface area contributed by atoms with Crippen LogP contribution in [-0.4, -0.2) is 25.2 Å². The molecule has 0 radical (unpaired) electrons. The van der Waals surface area contributed by atoms with E-state index in [2.05, 4.69) is 4.98 Å². The largest absolute Gasteiger partial charge is 0.493 e. The molecular formula is C27H22ClNO4S. The number of aromatic nitrogens is 1. The van der Waals surface area contributed by atoms with E-state index >= 15 is 0 Å². The molecule has 5 nitrogen and oxygen atoms in total. The highest BCUT2D eigenvalue weighted by Crippen LogP contribution is 2.39. The molecular weight excluding hydrogens is 470 g/mol. The molecule has 0 spiro atoms. The van der Waals surface area contributed by atoms with E-state index in [1.165, 1.54) is 11.3 Å². The van der Waals surface area contributed by atoms with E-state index in [0.717, 1.165) is 21.7 Å². The van der Waals surface area contributed by atoms with Gasteiger partial charge < -0.3 is 14.2 Å². The summed E-state index contributed by atoms with van der Waals surface area (Å²) in [6.45, 7) is 0.0430. The minimum atomic E-state index is -0.445. The molecule has 4 rings (SSSR count). The molecule has 0 aliphatic carbocycles. The Balaban J connectivity index is 1.55. The second-order valence-electron chi connectivity index (χ2n) is 7.24. The Morgan fingerprint density at radius 3 is 2.44 bits per heavy atom. The van der Waals surface area contributed by atoms with E-state index in [-0.39, 0.29) is 6.61 Å². The Hall–Kier alpha value is -3.61. The van der Waals surface area contributed by atoms with Gasteiger partial charge in [0.1, 0.15) is 11.6 Å². The van der Waals surface area contributed by atoms with Gasteiger partial charge in [-0.2, -0.15) is 0 Å². The Bertz CT molecular complexity index is 1300. The van der Waals surface area contributed by atoms with Crippen LogP contribution >= 0.6 is 22.9 Å². The number of thiazole rings is 1. The highest BCUT2D eigenvalue weighted by atomic mass is 35.5. The Morgan fingerprint density at radius 2 is 1.74 bits per heavy atom. The van der Waals surface area contributed by atoms with E-state index in [0.29, 0.717) is 27.8 Å². The fraction of sp³-hybridized carbons (Fsp3) is 0.111. The van der Waals surface area contributed by atoms with Crippen molar-refractivity contribution in [2.75, 3.05) is 14.2 Å². The number of carbonyl (C=O) groups excluding carboxylic acids is 1. The number of carbonyl (C=O) groups is 1. The van der Waals surface area contributed by atoms with E-state index < -0.39 is 5.97 Å². The van der Waals surface area contributed by atoms with Crippen LogP contribution < -0.4 is 9.47 Å². The maximum absolute atomic E-state index is 13.1. The smallest absolute Gasteiger partial charge is 0.339 e. The maximum Gasteiger partial charge on any atom is 0.339 e. The fourth-order valence-electron chi connectivity index (χ4n) is 3.38. The Morgan fingerprint density at radius 1 is 0.971 bits per heavy atom. The van der Waals surface area contributed by atoms with Crippen LogP contribution in [0.2, 0.25) is 5.02 Å². The quantitative estimate of drug-likeness (QED) is 0.155. The van der Waals surface area contributed by atoms with Crippen LogP contribution in [0.25, 0.3) is 22.2 Å². The van der Waals surface area contributed by atoms with Crippen LogP contribution in [0.3, 0.4) is 0 Å². The lowest BCUT2D eigenvalue weighted by atomic mass is 10.0. The van der Waals surface area contributed by atoms with E-state index in [1.54, 1.807) is 44.6 Å². The van der Waals surface area contributed by atoms with Crippen molar-refractivity contribution in [1.29, 1.82) is 0 Å². The highest BCUT2D eigenvalue weighted by Gasteiger charge is 2.17. The van der Waals surface area contributed by atoms with Crippen LogP contribution in [0.4, 0.5) is 0 Å². The van der Waals surface area contributed by atoms with Gasteiger partial charge in [0.05, 0.1) is 31.1 Å². The van der Waals surface area contributed by atoms with E-state index in [1.807, 2.05) is 53.9 Å². The first-order valence-corrected chi connectivity index (χ1v) is 11.7. The summed E-state index contributed by atoms with van der Waals surface area (Å²) in [6.07, 6.45) is 1.80. The molecule has 0 amide bonds. The van der Waals surface area contributed by atoms with Crippen LogP contribution in [0, 0.1) is 0 Å². The summed E-state index contributed by atoms with van der Waals surface area (Å²) < 4.78 is 16.5. The molecule has 0 unspecified atom stereocenters. The lowest BCUT2D eigenvalue weighted by Gasteiger charge is -2.10. The zero-order chi connectivity index (χ0) is 23.9. The maximum atomic E-state index is 13.1. The molecule has 0 aliphatic heterocycles. The van der Waals surface area contributed by atoms with Gasteiger partial charge in [-0.05, 0) is 41.5 Å². The molecule has 0 saturated heterocycles. The molecule has 0 saturated carbocycles. The van der Waals surface area contributed by atoms with Gasteiger partial charge in [0.2, 0.25) is 0 Å². The molecule has 3 aromatic carbocycles. The van der Waals surface area contributed by atoms with E-state index in [9.17, 15) is 4.79 Å². The second-order valence-corrected chi connectivity index (χ2v) is 8.53. The van der Waals surface area contributed by atoms with Crippen LogP contribution in [0.5, 0.6) is 11.5 Å². The van der Waals surface area contributed by atoms with Crippen molar-refractivity contribution in [3.05, 3.63) is 100 Å². The molecule has 4 aromatic rings. The fourth-order valence-corrected chi connectivity index (χ4v) is 4.33. The highest BCUT2D eigenvalue weighted by molar-refractivity contribution is 7.13. The van der Waals surface area contributed by atoms with Crippen molar-refractivity contribution >= 4 is 40.6 Å². The number of benzene rings is 3. The van der Waals surface area contributed by atoms with Gasteiger partial charge in [-0.25, -0.2) is 9.78 Å². The summed E-state index contributed by atoms with van der Waals surface area (Å²) in [5.74, 6) is 0.792. The summed E-state index contributed by atoms with van der Waals surface area (Å²) in [7, 11) is 3.19. The zero-order valence-corrected chi connectivity index (χ0v) is 20.2. The third-order valence-corrected chi connectivity index (χ3v) is 6.20. The molecule has 0 fully saturated rings. The average Bonchev–Trinajstić information content (AvgIpc) is 3.35. The number of halogens is 1. The lowest BCUT2D eigenvalue weighted by molar-refractivity contribution is -0.137. The van der Waals surface area contributed by atoms with Crippen molar-refractivity contribution in [2.24, 2.45) is 0 Å². The van der Waals surface area contributed by atoms with Crippen molar-refractivity contribution in [3.63, 3.8) is 0 Å². The van der Waals surface area contributed by atoms with Gasteiger partial charge in [-0.3, -0.25) is 0 Å².